The van der Waals surface area contributed by atoms with Crippen LogP contribution in [0.1, 0.15) is 6.42 Å². The molecule has 0 radical (unpaired) electrons. The second-order valence-corrected chi connectivity index (χ2v) is 6.86. The molecular formula is C20H23N5O3. The third-order valence-corrected chi connectivity index (χ3v) is 5.14. The van der Waals surface area contributed by atoms with Crippen molar-refractivity contribution in [2.24, 2.45) is 13.0 Å². The summed E-state index contributed by atoms with van der Waals surface area (Å²) in [7, 11) is 3.42. The predicted molar refractivity (Wildman–Crippen MR) is 105 cm³/mol. The smallest absolute Gasteiger partial charge is 0.255 e. The van der Waals surface area contributed by atoms with E-state index in [2.05, 4.69) is 27.0 Å². The van der Waals surface area contributed by atoms with Crippen LogP contribution in [0.4, 0.5) is 5.95 Å². The highest BCUT2D eigenvalue weighted by molar-refractivity contribution is 5.55. The minimum absolute atomic E-state index is 0.0271. The second kappa shape index (κ2) is 7.93. The summed E-state index contributed by atoms with van der Waals surface area (Å²) in [5.74, 6) is 1.77. The van der Waals surface area contributed by atoms with Gasteiger partial charge in [-0.05, 0) is 24.6 Å². The van der Waals surface area contributed by atoms with Crippen LogP contribution >= 0.6 is 0 Å². The van der Waals surface area contributed by atoms with Gasteiger partial charge in [0, 0.05) is 38.3 Å². The molecule has 1 saturated heterocycles. The molecule has 1 aliphatic carbocycles. The first-order valence-corrected chi connectivity index (χ1v) is 9.29. The molecule has 1 unspecified atom stereocenters. The van der Waals surface area contributed by atoms with Crippen molar-refractivity contribution in [3.05, 3.63) is 59.0 Å². The minimum Gasteiger partial charge on any atom is -0.497 e. The van der Waals surface area contributed by atoms with Crippen molar-refractivity contribution >= 4 is 5.95 Å². The number of hydrogen-bond donors (Lipinski definition) is 0. The molecule has 2 aromatic heterocycles. The number of hydrogen-bond acceptors (Lipinski definition) is 7. The number of allylic oxidation sites excluding steroid dienone is 2. The van der Waals surface area contributed by atoms with Crippen molar-refractivity contribution in [2.45, 2.75) is 12.5 Å². The van der Waals surface area contributed by atoms with Crippen molar-refractivity contribution < 1.29 is 9.47 Å². The lowest BCUT2D eigenvalue weighted by atomic mass is 9.93. The highest BCUT2D eigenvalue weighted by Crippen LogP contribution is 2.26. The van der Waals surface area contributed by atoms with Crippen LogP contribution in [0.3, 0.4) is 0 Å². The van der Waals surface area contributed by atoms with E-state index in [1.165, 1.54) is 12.4 Å². The van der Waals surface area contributed by atoms with Gasteiger partial charge < -0.3 is 14.4 Å². The maximum absolute atomic E-state index is 12.5. The first kappa shape index (κ1) is 18.4. The van der Waals surface area contributed by atoms with Gasteiger partial charge in [0.05, 0.1) is 31.2 Å². The van der Waals surface area contributed by atoms with Gasteiger partial charge in [-0.25, -0.2) is 15.0 Å². The topological polar surface area (TPSA) is 82.4 Å². The Morgan fingerprint density at radius 1 is 1.32 bits per heavy atom. The van der Waals surface area contributed by atoms with Crippen LogP contribution < -0.4 is 10.5 Å². The van der Waals surface area contributed by atoms with Gasteiger partial charge in [0.2, 0.25) is 5.95 Å². The molecule has 0 spiro atoms. The quantitative estimate of drug-likeness (QED) is 0.795. The normalized spacial score (nSPS) is 22.1. The van der Waals surface area contributed by atoms with Gasteiger partial charge in [0.25, 0.3) is 5.56 Å². The van der Waals surface area contributed by atoms with Gasteiger partial charge in [-0.3, -0.25) is 9.36 Å². The van der Waals surface area contributed by atoms with E-state index in [9.17, 15) is 4.79 Å². The predicted octanol–water partition coefficient (Wildman–Crippen LogP) is 1.55. The second-order valence-electron chi connectivity index (χ2n) is 6.86. The molecule has 0 bridgehead atoms. The lowest BCUT2D eigenvalue weighted by Gasteiger charge is -2.37. The Bertz CT molecular complexity index is 954. The average Bonchev–Trinajstić information content (AvgIpc) is 2.76. The highest BCUT2D eigenvalue weighted by atomic mass is 16.5. The highest BCUT2D eigenvalue weighted by Gasteiger charge is 2.29. The molecule has 8 heteroatoms. The first-order valence-electron chi connectivity index (χ1n) is 9.29. The standard InChI is InChI=1S/C20H23N5O3/c1-24-19(26)11-17(16-7-8-21-13-22-16)23-20(24)25-9-10-28-18(12-25)14-3-5-15(27-2)6-4-14/h3,5-8,11,13-14,18H,4,9-10,12H2,1-2H3/t14?,18-/m0/s1. The molecule has 2 aliphatic rings. The van der Waals surface area contributed by atoms with Crippen LogP contribution in [-0.2, 0) is 16.5 Å². The monoisotopic (exact) mass is 381 g/mol. The van der Waals surface area contributed by atoms with E-state index in [4.69, 9.17) is 14.5 Å². The van der Waals surface area contributed by atoms with Crippen molar-refractivity contribution in [1.29, 1.82) is 0 Å². The molecule has 2 aromatic rings. The van der Waals surface area contributed by atoms with Gasteiger partial charge in [0.15, 0.2) is 0 Å². The Morgan fingerprint density at radius 3 is 2.93 bits per heavy atom. The number of ether oxygens (including phenoxy) is 2. The molecule has 0 saturated carbocycles. The molecule has 1 fully saturated rings. The molecule has 28 heavy (non-hydrogen) atoms. The Balaban J connectivity index is 1.58. The number of methoxy groups -OCH3 is 1. The lowest BCUT2D eigenvalue weighted by Crippen LogP contribution is -2.47. The molecule has 3 heterocycles. The third kappa shape index (κ3) is 3.68. The average molecular weight is 381 g/mol. The fourth-order valence-electron chi connectivity index (χ4n) is 3.54. The van der Waals surface area contributed by atoms with Gasteiger partial charge in [0.1, 0.15) is 12.1 Å². The number of aromatic nitrogens is 4. The van der Waals surface area contributed by atoms with Crippen LogP contribution in [-0.4, -0.2) is 52.4 Å². The summed E-state index contributed by atoms with van der Waals surface area (Å²) >= 11 is 0. The van der Waals surface area contributed by atoms with Crippen molar-refractivity contribution in [3.63, 3.8) is 0 Å². The minimum atomic E-state index is -0.119. The molecule has 0 aromatic carbocycles. The van der Waals surface area contributed by atoms with E-state index in [0.29, 0.717) is 37.0 Å². The molecule has 0 N–H and O–H groups in total. The molecule has 146 valence electrons. The molecular weight excluding hydrogens is 358 g/mol. The van der Waals surface area contributed by atoms with Crippen LogP contribution in [0.25, 0.3) is 11.4 Å². The van der Waals surface area contributed by atoms with Crippen molar-refractivity contribution in [1.82, 2.24) is 19.5 Å². The summed E-state index contributed by atoms with van der Waals surface area (Å²) in [6, 6.07) is 3.25. The lowest BCUT2D eigenvalue weighted by molar-refractivity contribution is 0.0134. The van der Waals surface area contributed by atoms with Crippen LogP contribution in [0.5, 0.6) is 0 Å². The molecule has 2 atom stereocenters. The third-order valence-electron chi connectivity index (χ3n) is 5.14. The van der Waals surface area contributed by atoms with Crippen LogP contribution in [0.2, 0.25) is 0 Å². The summed E-state index contributed by atoms with van der Waals surface area (Å²) in [6.07, 6.45) is 10.2. The van der Waals surface area contributed by atoms with Crippen molar-refractivity contribution in [3.8, 4) is 11.4 Å². The summed E-state index contributed by atoms with van der Waals surface area (Å²) in [5, 5.41) is 0. The molecule has 0 amide bonds. The molecule has 1 aliphatic heterocycles. The van der Waals surface area contributed by atoms with E-state index < -0.39 is 0 Å². The SMILES string of the molecule is COC1=CCC([C@@H]2CN(c3nc(-c4ccncn4)cc(=O)n3C)CCO2)C=C1. The zero-order chi connectivity index (χ0) is 19.5. The van der Waals surface area contributed by atoms with Gasteiger partial charge in [-0.1, -0.05) is 6.08 Å². The summed E-state index contributed by atoms with van der Waals surface area (Å²) in [4.78, 5) is 27.5. The zero-order valence-corrected chi connectivity index (χ0v) is 16.0. The van der Waals surface area contributed by atoms with Gasteiger partial charge in [-0.15, -0.1) is 0 Å². The summed E-state index contributed by atoms with van der Waals surface area (Å²) < 4.78 is 12.9. The number of rotatable bonds is 4. The maximum Gasteiger partial charge on any atom is 0.255 e. The summed E-state index contributed by atoms with van der Waals surface area (Å²) in [6.45, 7) is 1.93. The Labute approximate surface area is 163 Å². The molecule has 8 nitrogen and oxygen atoms in total. The fraction of sp³-hybridized carbons (Fsp3) is 0.400. The van der Waals surface area contributed by atoms with Crippen LogP contribution in [0, 0.1) is 5.92 Å². The van der Waals surface area contributed by atoms with E-state index in [1.54, 1.807) is 31.0 Å². The Kier molecular flexibility index (Phi) is 5.21. The van der Waals surface area contributed by atoms with Gasteiger partial charge in [-0.2, -0.15) is 0 Å². The largest absolute Gasteiger partial charge is 0.497 e. The van der Waals surface area contributed by atoms with E-state index >= 15 is 0 Å². The number of anilines is 1. The molecule has 4 rings (SSSR count). The zero-order valence-electron chi connectivity index (χ0n) is 16.0. The van der Waals surface area contributed by atoms with E-state index in [0.717, 1.165) is 12.2 Å². The van der Waals surface area contributed by atoms with Crippen LogP contribution in [0.15, 0.2) is 53.4 Å². The fourth-order valence-corrected chi connectivity index (χ4v) is 3.54. The van der Waals surface area contributed by atoms with E-state index in [-0.39, 0.29) is 17.6 Å². The van der Waals surface area contributed by atoms with E-state index in [1.807, 2.05) is 6.08 Å². The van der Waals surface area contributed by atoms with Gasteiger partial charge >= 0.3 is 0 Å². The first-order chi connectivity index (χ1) is 13.7. The number of morpholine rings is 1. The Morgan fingerprint density at radius 2 is 2.21 bits per heavy atom. The maximum atomic E-state index is 12.5. The number of nitrogens with zero attached hydrogens (tertiary/aromatic N) is 5. The Hall–Kier alpha value is -3.00. The summed E-state index contributed by atoms with van der Waals surface area (Å²) in [5.41, 5.74) is 1.06. The van der Waals surface area contributed by atoms with Crippen molar-refractivity contribution in [2.75, 3.05) is 31.7 Å².